The van der Waals surface area contributed by atoms with Gasteiger partial charge < -0.3 is 14.1 Å². The van der Waals surface area contributed by atoms with E-state index in [9.17, 15) is 4.79 Å². The van der Waals surface area contributed by atoms with Crippen LogP contribution >= 0.6 is 0 Å². The van der Waals surface area contributed by atoms with E-state index in [4.69, 9.17) is 9.15 Å². The maximum absolute atomic E-state index is 12.8. The largest absolute Gasteiger partial charge is 0.497 e. The molecule has 0 saturated heterocycles. The molecule has 0 aliphatic rings. The topological polar surface area (TPSA) is 42.7 Å². The molecule has 0 saturated carbocycles. The second kappa shape index (κ2) is 8.21. The van der Waals surface area contributed by atoms with Gasteiger partial charge in [0.1, 0.15) is 11.5 Å². The number of aryl methyl sites for hydroxylation is 1. The number of carbonyl (C=O) groups is 1. The first kappa shape index (κ1) is 17.5. The van der Waals surface area contributed by atoms with Crippen LogP contribution in [0.15, 0.2) is 77.4 Å². The van der Waals surface area contributed by atoms with Crippen molar-refractivity contribution in [2.24, 2.45) is 0 Å². The third-order valence-electron chi connectivity index (χ3n) is 4.04. The minimum absolute atomic E-state index is 0.110. The highest BCUT2D eigenvalue weighted by Crippen LogP contribution is 2.20. The number of methoxy groups -OCH3 is 1. The van der Waals surface area contributed by atoms with Crippen molar-refractivity contribution in [1.82, 2.24) is 0 Å². The Hall–Kier alpha value is -3.27. The Labute approximate surface area is 153 Å². The molecule has 4 heteroatoms. The Morgan fingerprint density at radius 3 is 2.42 bits per heavy atom. The van der Waals surface area contributed by atoms with Crippen LogP contribution in [0.5, 0.6) is 5.75 Å². The molecule has 0 atom stereocenters. The number of hydrogen-bond acceptors (Lipinski definition) is 3. The van der Waals surface area contributed by atoms with Crippen LogP contribution in [0.25, 0.3) is 6.08 Å². The van der Waals surface area contributed by atoms with Crippen molar-refractivity contribution in [3.8, 4) is 5.75 Å². The lowest BCUT2D eigenvalue weighted by molar-refractivity contribution is -0.114. The summed E-state index contributed by atoms with van der Waals surface area (Å²) in [6.07, 6.45) is 4.98. The summed E-state index contributed by atoms with van der Waals surface area (Å²) in [6, 6.07) is 19.1. The van der Waals surface area contributed by atoms with Crippen molar-refractivity contribution < 1.29 is 13.9 Å². The molecule has 3 rings (SSSR count). The molecule has 4 nitrogen and oxygen atoms in total. The van der Waals surface area contributed by atoms with Gasteiger partial charge >= 0.3 is 0 Å². The molecular formula is C22H21NO3. The molecule has 1 amide bonds. The molecule has 0 aliphatic carbocycles. The van der Waals surface area contributed by atoms with Crippen molar-refractivity contribution in [1.29, 1.82) is 0 Å². The molecule has 1 aromatic heterocycles. The maximum atomic E-state index is 12.8. The average Bonchev–Trinajstić information content (AvgIpc) is 3.19. The summed E-state index contributed by atoms with van der Waals surface area (Å²) < 4.78 is 10.6. The number of amides is 1. The van der Waals surface area contributed by atoms with Crippen molar-refractivity contribution in [2.45, 2.75) is 13.5 Å². The molecule has 0 aliphatic heterocycles. The van der Waals surface area contributed by atoms with Crippen molar-refractivity contribution in [3.63, 3.8) is 0 Å². The predicted octanol–water partition coefficient (Wildman–Crippen LogP) is 4.84. The number of rotatable bonds is 6. The van der Waals surface area contributed by atoms with Crippen LogP contribution in [-0.2, 0) is 11.3 Å². The number of anilines is 1. The molecule has 0 N–H and O–H groups in total. The van der Waals surface area contributed by atoms with E-state index in [0.717, 1.165) is 28.3 Å². The molecule has 0 bridgehead atoms. The zero-order valence-corrected chi connectivity index (χ0v) is 14.9. The van der Waals surface area contributed by atoms with Crippen LogP contribution in [0.3, 0.4) is 0 Å². The van der Waals surface area contributed by atoms with E-state index in [2.05, 4.69) is 0 Å². The van der Waals surface area contributed by atoms with E-state index in [0.29, 0.717) is 6.54 Å². The molecule has 1 heterocycles. The first-order chi connectivity index (χ1) is 12.7. The zero-order valence-electron chi connectivity index (χ0n) is 14.9. The van der Waals surface area contributed by atoms with Gasteiger partial charge in [0.25, 0.3) is 5.91 Å². The standard InChI is InChI=1S/C22H21NO3/c1-17-5-10-19(11-6-17)23(16-21-4-3-15-26-21)22(24)14-9-18-7-12-20(25-2)13-8-18/h3-15H,16H2,1-2H3/b14-9+. The van der Waals surface area contributed by atoms with Gasteiger partial charge in [0.05, 0.1) is 19.9 Å². The van der Waals surface area contributed by atoms with Crippen molar-refractivity contribution in [2.75, 3.05) is 12.0 Å². The van der Waals surface area contributed by atoms with Gasteiger partial charge in [0.15, 0.2) is 0 Å². The van der Waals surface area contributed by atoms with E-state index < -0.39 is 0 Å². The summed E-state index contributed by atoms with van der Waals surface area (Å²) in [5, 5.41) is 0. The monoisotopic (exact) mass is 347 g/mol. The van der Waals surface area contributed by atoms with Gasteiger partial charge in [0, 0.05) is 11.8 Å². The predicted molar refractivity (Wildman–Crippen MR) is 103 cm³/mol. The number of carbonyl (C=O) groups excluding carboxylic acids is 1. The van der Waals surface area contributed by atoms with Crippen LogP contribution in [0, 0.1) is 6.92 Å². The smallest absolute Gasteiger partial charge is 0.251 e. The SMILES string of the molecule is COc1ccc(/C=C/C(=O)N(Cc2ccco2)c2ccc(C)cc2)cc1. The first-order valence-corrected chi connectivity index (χ1v) is 8.38. The highest BCUT2D eigenvalue weighted by molar-refractivity contribution is 6.03. The Bertz CT molecular complexity index is 863. The van der Waals surface area contributed by atoms with Gasteiger partial charge in [-0.15, -0.1) is 0 Å². The highest BCUT2D eigenvalue weighted by Gasteiger charge is 2.15. The lowest BCUT2D eigenvalue weighted by Crippen LogP contribution is -2.28. The minimum Gasteiger partial charge on any atom is -0.497 e. The van der Waals surface area contributed by atoms with Gasteiger partial charge in [-0.3, -0.25) is 4.79 Å². The molecule has 2 aromatic carbocycles. The third-order valence-corrected chi connectivity index (χ3v) is 4.04. The van der Waals surface area contributed by atoms with E-state index in [-0.39, 0.29) is 5.91 Å². The number of benzene rings is 2. The van der Waals surface area contributed by atoms with Crippen molar-refractivity contribution in [3.05, 3.63) is 89.9 Å². The quantitative estimate of drug-likeness (QED) is 0.599. The molecule has 132 valence electrons. The normalized spacial score (nSPS) is 10.8. The van der Waals surface area contributed by atoms with Gasteiger partial charge in [-0.1, -0.05) is 29.8 Å². The third kappa shape index (κ3) is 4.42. The number of furan rings is 1. The van der Waals surface area contributed by atoms with Crippen molar-refractivity contribution >= 4 is 17.7 Å². The molecule has 0 unspecified atom stereocenters. The number of ether oxygens (including phenoxy) is 1. The molecule has 0 radical (unpaired) electrons. The minimum atomic E-state index is -0.110. The van der Waals surface area contributed by atoms with E-state index in [1.807, 2.05) is 67.6 Å². The lowest BCUT2D eigenvalue weighted by atomic mass is 10.2. The number of nitrogens with zero attached hydrogens (tertiary/aromatic N) is 1. The highest BCUT2D eigenvalue weighted by atomic mass is 16.5. The summed E-state index contributed by atoms with van der Waals surface area (Å²) >= 11 is 0. The van der Waals surface area contributed by atoms with Crippen LogP contribution < -0.4 is 9.64 Å². The maximum Gasteiger partial charge on any atom is 0.251 e. The fraction of sp³-hybridized carbons (Fsp3) is 0.136. The second-order valence-corrected chi connectivity index (χ2v) is 5.95. The molecular weight excluding hydrogens is 326 g/mol. The Balaban J connectivity index is 1.81. The van der Waals surface area contributed by atoms with Crippen LogP contribution in [0.4, 0.5) is 5.69 Å². The fourth-order valence-electron chi connectivity index (χ4n) is 2.55. The molecule has 0 fully saturated rings. The molecule has 0 spiro atoms. The zero-order chi connectivity index (χ0) is 18.4. The molecule has 3 aromatic rings. The second-order valence-electron chi connectivity index (χ2n) is 5.95. The van der Waals surface area contributed by atoms with E-state index in [1.54, 1.807) is 30.4 Å². The summed E-state index contributed by atoms with van der Waals surface area (Å²) in [6.45, 7) is 2.40. The first-order valence-electron chi connectivity index (χ1n) is 8.38. The lowest BCUT2D eigenvalue weighted by Gasteiger charge is -2.20. The van der Waals surface area contributed by atoms with Crippen LogP contribution in [0.2, 0.25) is 0 Å². The van der Waals surface area contributed by atoms with Crippen LogP contribution in [-0.4, -0.2) is 13.0 Å². The Kier molecular flexibility index (Phi) is 5.54. The summed E-state index contributed by atoms with van der Waals surface area (Å²) in [5.41, 5.74) is 2.91. The number of hydrogen-bond donors (Lipinski definition) is 0. The summed E-state index contributed by atoms with van der Waals surface area (Å²) in [7, 11) is 1.63. The van der Waals surface area contributed by atoms with E-state index >= 15 is 0 Å². The van der Waals surface area contributed by atoms with Gasteiger partial charge in [0.2, 0.25) is 0 Å². The van der Waals surface area contributed by atoms with Gasteiger partial charge in [-0.2, -0.15) is 0 Å². The Morgan fingerprint density at radius 2 is 1.81 bits per heavy atom. The summed E-state index contributed by atoms with van der Waals surface area (Å²) in [5.74, 6) is 1.41. The summed E-state index contributed by atoms with van der Waals surface area (Å²) in [4.78, 5) is 14.5. The van der Waals surface area contributed by atoms with Gasteiger partial charge in [-0.25, -0.2) is 0 Å². The Morgan fingerprint density at radius 1 is 1.08 bits per heavy atom. The van der Waals surface area contributed by atoms with E-state index in [1.165, 1.54) is 0 Å². The van der Waals surface area contributed by atoms with Gasteiger partial charge in [-0.05, 0) is 55.0 Å². The average molecular weight is 347 g/mol. The molecule has 26 heavy (non-hydrogen) atoms. The fourth-order valence-corrected chi connectivity index (χ4v) is 2.55. The van der Waals surface area contributed by atoms with Crippen LogP contribution in [0.1, 0.15) is 16.9 Å².